The molecule has 1 N–H and O–H groups in total. The fraction of sp³-hybridized carbons (Fsp3) is 0.467. The Morgan fingerprint density at radius 3 is 3.10 bits per heavy atom. The number of carbonyl (C=O) groups is 2. The van der Waals surface area contributed by atoms with Crippen LogP contribution in [0.25, 0.3) is 0 Å². The number of rotatable bonds is 2. The molecule has 3 rings (SSSR count). The Labute approximate surface area is 116 Å². The van der Waals surface area contributed by atoms with Crippen molar-refractivity contribution in [1.82, 2.24) is 5.32 Å². The van der Waals surface area contributed by atoms with Crippen LogP contribution in [0.3, 0.4) is 0 Å². The van der Waals surface area contributed by atoms with Crippen molar-refractivity contribution in [2.24, 2.45) is 0 Å². The van der Waals surface area contributed by atoms with E-state index in [1.165, 1.54) is 6.07 Å². The van der Waals surface area contributed by atoms with Crippen molar-refractivity contribution in [2.45, 2.75) is 37.6 Å². The molecular weight excluding hydrogens is 261 g/mol. The van der Waals surface area contributed by atoms with E-state index in [2.05, 4.69) is 5.32 Å². The van der Waals surface area contributed by atoms with E-state index < -0.39 is 17.4 Å². The van der Waals surface area contributed by atoms with E-state index >= 15 is 0 Å². The zero-order valence-corrected chi connectivity index (χ0v) is 11.2. The Hall–Kier alpha value is -1.91. The predicted octanol–water partition coefficient (Wildman–Crippen LogP) is 1.46. The summed E-state index contributed by atoms with van der Waals surface area (Å²) >= 11 is 0. The zero-order valence-electron chi connectivity index (χ0n) is 11.2. The molecule has 0 radical (unpaired) electrons. The van der Waals surface area contributed by atoms with Crippen LogP contribution in [0.2, 0.25) is 0 Å². The maximum atomic E-state index is 13.9. The third-order valence-corrected chi connectivity index (χ3v) is 4.33. The maximum absolute atomic E-state index is 13.9. The second-order valence-electron chi connectivity index (χ2n) is 5.35. The summed E-state index contributed by atoms with van der Waals surface area (Å²) in [5, 5.41) is 2.70. The van der Waals surface area contributed by atoms with E-state index in [-0.39, 0.29) is 24.8 Å². The lowest BCUT2D eigenvalue weighted by atomic mass is 9.75. The van der Waals surface area contributed by atoms with E-state index in [1.807, 2.05) is 6.07 Å². The van der Waals surface area contributed by atoms with Crippen LogP contribution in [0.1, 0.15) is 30.9 Å². The Morgan fingerprint density at radius 2 is 2.35 bits per heavy atom. The quantitative estimate of drug-likeness (QED) is 0.833. The fourth-order valence-corrected chi connectivity index (χ4v) is 3.49. The second kappa shape index (κ2) is 4.58. The normalized spacial score (nSPS) is 27.5. The third kappa shape index (κ3) is 1.72. The van der Waals surface area contributed by atoms with Crippen molar-refractivity contribution in [1.29, 1.82) is 0 Å². The maximum Gasteiger partial charge on any atom is 0.329 e. The number of nitrogens with one attached hydrogen (secondary N) is 1. The molecule has 106 valence electrons. The highest BCUT2D eigenvalue weighted by molar-refractivity contribution is 5.92. The highest BCUT2D eigenvalue weighted by atomic mass is 19.1. The molecule has 5 heteroatoms. The van der Waals surface area contributed by atoms with Gasteiger partial charge < -0.3 is 10.1 Å². The third-order valence-electron chi connectivity index (χ3n) is 4.33. The molecule has 1 fully saturated rings. The first-order valence-corrected chi connectivity index (χ1v) is 6.82. The molecule has 1 aliphatic carbocycles. The minimum Gasteiger partial charge on any atom is -0.464 e. The van der Waals surface area contributed by atoms with E-state index in [0.717, 1.165) is 5.56 Å². The highest BCUT2D eigenvalue weighted by Gasteiger charge is 2.55. The number of hydrogen-bond acceptors (Lipinski definition) is 3. The SMILES string of the molecule is CCOC(=O)C1NC(=O)CC12CCc1c(F)cccc12. The summed E-state index contributed by atoms with van der Waals surface area (Å²) in [5.74, 6) is -0.878. The van der Waals surface area contributed by atoms with Crippen molar-refractivity contribution >= 4 is 11.9 Å². The molecule has 1 spiro atoms. The van der Waals surface area contributed by atoms with Gasteiger partial charge in [0, 0.05) is 11.8 Å². The van der Waals surface area contributed by atoms with Gasteiger partial charge in [-0.25, -0.2) is 9.18 Å². The number of hydrogen-bond donors (Lipinski definition) is 1. The molecule has 1 aromatic carbocycles. The molecule has 4 nitrogen and oxygen atoms in total. The number of fused-ring (bicyclic) bond motifs is 2. The van der Waals surface area contributed by atoms with Gasteiger partial charge in [-0.2, -0.15) is 0 Å². The van der Waals surface area contributed by atoms with Crippen LogP contribution in [0, 0.1) is 5.82 Å². The lowest BCUT2D eigenvalue weighted by Gasteiger charge is -2.29. The summed E-state index contributed by atoms with van der Waals surface area (Å²) in [6.07, 6.45) is 1.35. The number of halogens is 1. The number of benzene rings is 1. The number of amides is 1. The highest BCUT2D eigenvalue weighted by Crippen LogP contribution is 2.47. The van der Waals surface area contributed by atoms with Crippen LogP contribution in [-0.2, 0) is 26.2 Å². The number of carbonyl (C=O) groups excluding carboxylic acids is 2. The standard InChI is InChI=1S/C15H16FNO3/c1-2-20-14(19)13-15(8-12(18)17-13)7-6-9-10(15)4-3-5-11(9)16/h3-5,13H,2,6-8H2,1H3,(H,17,18). The minimum absolute atomic E-state index is 0.180. The van der Waals surface area contributed by atoms with E-state index in [4.69, 9.17) is 4.74 Å². The molecule has 20 heavy (non-hydrogen) atoms. The monoisotopic (exact) mass is 277 g/mol. The van der Waals surface area contributed by atoms with Gasteiger partial charge in [0.1, 0.15) is 11.9 Å². The van der Waals surface area contributed by atoms with Gasteiger partial charge in [-0.15, -0.1) is 0 Å². The van der Waals surface area contributed by atoms with Crippen LogP contribution >= 0.6 is 0 Å². The molecule has 0 saturated carbocycles. The van der Waals surface area contributed by atoms with E-state index in [0.29, 0.717) is 18.4 Å². The molecule has 0 aromatic heterocycles. The van der Waals surface area contributed by atoms with Crippen molar-refractivity contribution in [2.75, 3.05) is 6.61 Å². The molecule has 1 aliphatic heterocycles. The van der Waals surface area contributed by atoms with Crippen LogP contribution in [0.4, 0.5) is 4.39 Å². The van der Waals surface area contributed by atoms with Crippen molar-refractivity contribution < 1.29 is 18.7 Å². The van der Waals surface area contributed by atoms with Gasteiger partial charge in [0.05, 0.1) is 6.61 Å². The molecule has 1 aromatic rings. The number of esters is 1. The minimum atomic E-state index is -0.710. The fourth-order valence-electron chi connectivity index (χ4n) is 3.49. The van der Waals surface area contributed by atoms with Crippen molar-refractivity contribution in [3.05, 3.63) is 35.1 Å². The lowest BCUT2D eigenvalue weighted by Crippen LogP contribution is -2.46. The van der Waals surface area contributed by atoms with Gasteiger partial charge >= 0.3 is 5.97 Å². The van der Waals surface area contributed by atoms with Crippen LogP contribution in [0.5, 0.6) is 0 Å². The van der Waals surface area contributed by atoms with Crippen molar-refractivity contribution in [3.8, 4) is 0 Å². The van der Waals surface area contributed by atoms with Gasteiger partial charge in [-0.05, 0) is 37.0 Å². The smallest absolute Gasteiger partial charge is 0.329 e. The molecule has 1 amide bonds. The Morgan fingerprint density at radius 1 is 1.55 bits per heavy atom. The average molecular weight is 277 g/mol. The van der Waals surface area contributed by atoms with Gasteiger partial charge in [0.15, 0.2) is 0 Å². The topological polar surface area (TPSA) is 55.4 Å². The average Bonchev–Trinajstić information content (AvgIpc) is 2.94. The number of ether oxygens (including phenoxy) is 1. The Kier molecular flexibility index (Phi) is 3.00. The first-order chi connectivity index (χ1) is 9.58. The van der Waals surface area contributed by atoms with E-state index in [1.54, 1.807) is 13.0 Å². The van der Waals surface area contributed by atoms with Gasteiger partial charge in [-0.3, -0.25) is 4.79 Å². The molecule has 1 saturated heterocycles. The zero-order chi connectivity index (χ0) is 14.3. The summed E-state index contributed by atoms with van der Waals surface area (Å²) in [4.78, 5) is 23.9. The van der Waals surface area contributed by atoms with Crippen LogP contribution < -0.4 is 5.32 Å². The van der Waals surface area contributed by atoms with Crippen molar-refractivity contribution in [3.63, 3.8) is 0 Å². The summed E-state index contributed by atoms with van der Waals surface area (Å²) in [5.41, 5.74) is 0.744. The molecule has 1 heterocycles. The van der Waals surface area contributed by atoms with Crippen LogP contribution in [-0.4, -0.2) is 24.5 Å². The van der Waals surface area contributed by atoms with Gasteiger partial charge in [-0.1, -0.05) is 12.1 Å². The first kappa shape index (κ1) is 13.1. The molecule has 2 atom stereocenters. The lowest BCUT2D eigenvalue weighted by molar-refractivity contribution is -0.147. The van der Waals surface area contributed by atoms with Crippen LogP contribution in [0.15, 0.2) is 18.2 Å². The Balaban J connectivity index is 2.06. The predicted molar refractivity (Wildman–Crippen MR) is 69.6 cm³/mol. The summed E-state index contributed by atoms with van der Waals surface area (Å²) < 4.78 is 18.9. The molecule has 2 aliphatic rings. The summed E-state index contributed by atoms with van der Waals surface area (Å²) in [6, 6.07) is 4.16. The Bertz CT molecular complexity index is 586. The first-order valence-electron chi connectivity index (χ1n) is 6.82. The van der Waals surface area contributed by atoms with E-state index in [9.17, 15) is 14.0 Å². The molecular formula is C15H16FNO3. The van der Waals surface area contributed by atoms with Gasteiger partial charge in [0.2, 0.25) is 5.91 Å². The summed E-state index contributed by atoms with van der Waals surface area (Å²) in [6.45, 7) is 1.99. The summed E-state index contributed by atoms with van der Waals surface area (Å²) in [7, 11) is 0. The molecule has 0 bridgehead atoms. The largest absolute Gasteiger partial charge is 0.464 e. The van der Waals surface area contributed by atoms with Gasteiger partial charge in [0.25, 0.3) is 0 Å². The molecule has 2 unspecified atom stereocenters. The second-order valence-corrected chi connectivity index (χ2v) is 5.35.